The van der Waals surface area contributed by atoms with Gasteiger partial charge in [0, 0.05) is 37.0 Å². The van der Waals surface area contributed by atoms with E-state index in [1.807, 2.05) is 70.3 Å². The van der Waals surface area contributed by atoms with Crippen LogP contribution in [0.1, 0.15) is 33.7 Å². The number of rotatable bonds is 5. The van der Waals surface area contributed by atoms with Crippen molar-refractivity contribution in [1.82, 2.24) is 14.9 Å². The van der Waals surface area contributed by atoms with Crippen molar-refractivity contribution in [3.05, 3.63) is 70.6 Å². The molecule has 2 aromatic heterocycles. The van der Waals surface area contributed by atoms with E-state index in [-0.39, 0.29) is 11.9 Å². The van der Waals surface area contributed by atoms with Crippen molar-refractivity contribution >= 4 is 17.2 Å². The van der Waals surface area contributed by atoms with Crippen LogP contribution in [-0.2, 0) is 6.42 Å². The Morgan fingerprint density at radius 1 is 1.15 bits per heavy atom. The lowest BCUT2D eigenvalue weighted by Crippen LogP contribution is -2.36. The van der Waals surface area contributed by atoms with Crippen molar-refractivity contribution in [2.75, 3.05) is 7.05 Å². The van der Waals surface area contributed by atoms with Gasteiger partial charge in [0.1, 0.15) is 0 Å². The zero-order chi connectivity index (χ0) is 18.7. The van der Waals surface area contributed by atoms with E-state index in [4.69, 9.17) is 0 Å². The molecule has 0 aliphatic heterocycles. The van der Waals surface area contributed by atoms with Crippen LogP contribution in [0.25, 0.3) is 10.4 Å². The van der Waals surface area contributed by atoms with Gasteiger partial charge < -0.3 is 4.90 Å². The summed E-state index contributed by atoms with van der Waals surface area (Å²) in [4.78, 5) is 24.6. The lowest BCUT2D eigenvalue weighted by atomic mass is 10.1. The zero-order valence-electron chi connectivity index (χ0n) is 15.6. The highest BCUT2D eigenvalue weighted by Crippen LogP contribution is 2.29. The summed E-state index contributed by atoms with van der Waals surface area (Å²) in [5.74, 6) is 0.0252. The Hall–Kier alpha value is -2.53. The zero-order valence-corrected chi connectivity index (χ0v) is 16.4. The number of carbonyl (C=O) groups excluding carboxylic acids is 1. The molecule has 3 aromatic rings. The van der Waals surface area contributed by atoms with Crippen molar-refractivity contribution < 1.29 is 4.79 Å². The molecule has 0 spiro atoms. The molecule has 26 heavy (non-hydrogen) atoms. The van der Waals surface area contributed by atoms with Crippen LogP contribution in [0.4, 0.5) is 0 Å². The first kappa shape index (κ1) is 18.3. The second-order valence-electron chi connectivity index (χ2n) is 6.52. The Morgan fingerprint density at radius 3 is 2.46 bits per heavy atom. The maximum Gasteiger partial charge on any atom is 0.253 e. The van der Waals surface area contributed by atoms with E-state index in [0.717, 1.165) is 28.4 Å². The number of hydrogen-bond donors (Lipinski definition) is 0. The third kappa shape index (κ3) is 3.99. The maximum atomic E-state index is 12.8. The minimum absolute atomic E-state index is 0.0252. The molecule has 0 fully saturated rings. The minimum atomic E-state index is 0.0252. The predicted octanol–water partition coefficient (Wildman–Crippen LogP) is 4.53. The van der Waals surface area contributed by atoms with Gasteiger partial charge in [0.25, 0.3) is 5.91 Å². The topological polar surface area (TPSA) is 46.1 Å². The summed E-state index contributed by atoms with van der Waals surface area (Å²) in [6.07, 6.45) is 2.52. The number of hydrogen-bond acceptors (Lipinski definition) is 4. The number of thiazole rings is 1. The van der Waals surface area contributed by atoms with Gasteiger partial charge in [-0.05, 0) is 50.6 Å². The fourth-order valence-electron chi connectivity index (χ4n) is 2.93. The van der Waals surface area contributed by atoms with Crippen LogP contribution in [0.15, 0.2) is 48.7 Å². The third-order valence-electron chi connectivity index (χ3n) is 4.51. The quantitative estimate of drug-likeness (QED) is 0.667. The first-order chi connectivity index (χ1) is 12.5. The largest absolute Gasteiger partial charge is 0.339 e. The number of benzene rings is 1. The van der Waals surface area contributed by atoms with Crippen molar-refractivity contribution in [2.24, 2.45) is 0 Å². The average Bonchev–Trinajstić information content (AvgIpc) is 2.99. The number of carbonyl (C=O) groups is 1. The van der Waals surface area contributed by atoms with Crippen molar-refractivity contribution in [3.63, 3.8) is 0 Å². The van der Waals surface area contributed by atoms with Gasteiger partial charge in [-0.1, -0.05) is 18.2 Å². The second kappa shape index (κ2) is 7.79. The van der Waals surface area contributed by atoms with Crippen molar-refractivity contribution in [2.45, 2.75) is 33.2 Å². The molecule has 3 rings (SSSR count). The lowest BCUT2D eigenvalue weighted by Gasteiger charge is -2.25. The number of amides is 1. The normalized spacial score (nSPS) is 12.0. The van der Waals surface area contributed by atoms with Gasteiger partial charge in [0.15, 0.2) is 0 Å². The summed E-state index contributed by atoms with van der Waals surface area (Å²) in [6.45, 7) is 6.08. The standard InChI is InChI=1S/C21H23N3OS/c1-14(13-19-7-5-6-12-22-19)24(4)21(25)18-10-8-17(9-11-18)20-15(2)23-16(3)26-20/h5-12,14H,13H2,1-4H3. The molecule has 0 bridgehead atoms. The van der Waals surface area contributed by atoms with Gasteiger partial charge in [-0.15, -0.1) is 11.3 Å². The molecule has 1 aromatic carbocycles. The number of aromatic nitrogens is 2. The van der Waals surface area contributed by atoms with Crippen molar-refractivity contribution in [1.29, 1.82) is 0 Å². The molecule has 1 amide bonds. The highest BCUT2D eigenvalue weighted by molar-refractivity contribution is 7.15. The molecule has 0 aliphatic carbocycles. The molecule has 0 N–H and O–H groups in total. The monoisotopic (exact) mass is 365 g/mol. The van der Waals surface area contributed by atoms with Crippen LogP contribution < -0.4 is 0 Å². The molecule has 4 nitrogen and oxygen atoms in total. The number of aryl methyl sites for hydroxylation is 2. The van der Waals surface area contributed by atoms with E-state index in [2.05, 4.69) is 9.97 Å². The number of likely N-dealkylation sites (N-methyl/N-ethyl adjacent to an activating group) is 1. The van der Waals surface area contributed by atoms with E-state index in [1.165, 1.54) is 4.88 Å². The van der Waals surface area contributed by atoms with Gasteiger partial charge in [0.05, 0.1) is 15.6 Å². The average molecular weight is 366 g/mol. The molecule has 0 saturated heterocycles. The van der Waals surface area contributed by atoms with E-state index in [1.54, 1.807) is 22.4 Å². The smallest absolute Gasteiger partial charge is 0.253 e. The van der Waals surface area contributed by atoms with Crippen LogP contribution in [0.5, 0.6) is 0 Å². The first-order valence-electron chi connectivity index (χ1n) is 8.67. The van der Waals surface area contributed by atoms with Crippen molar-refractivity contribution in [3.8, 4) is 10.4 Å². The highest BCUT2D eigenvalue weighted by Gasteiger charge is 2.18. The third-order valence-corrected chi connectivity index (χ3v) is 5.63. The fourth-order valence-corrected chi connectivity index (χ4v) is 3.85. The van der Waals surface area contributed by atoms with Gasteiger partial charge >= 0.3 is 0 Å². The van der Waals surface area contributed by atoms with E-state index >= 15 is 0 Å². The molecule has 0 saturated carbocycles. The predicted molar refractivity (Wildman–Crippen MR) is 107 cm³/mol. The maximum absolute atomic E-state index is 12.8. The highest BCUT2D eigenvalue weighted by atomic mass is 32.1. The van der Waals surface area contributed by atoms with Gasteiger partial charge in [-0.25, -0.2) is 4.98 Å². The summed E-state index contributed by atoms with van der Waals surface area (Å²) >= 11 is 1.68. The Balaban J connectivity index is 1.72. The molecule has 134 valence electrons. The molecule has 0 aliphatic rings. The summed E-state index contributed by atoms with van der Waals surface area (Å²) in [7, 11) is 1.85. The molecular weight excluding hydrogens is 342 g/mol. The first-order valence-corrected chi connectivity index (χ1v) is 9.49. The summed E-state index contributed by atoms with van der Waals surface area (Å²) in [5.41, 5.74) is 3.83. The number of nitrogens with zero attached hydrogens (tertiary/aromatic N) is 3. The Kier molecular flexibility index (Phi) is 5.47. The molecule has 0 radical (unpaired) electrons. The van der Waals surface area contributed by atoms with Crippen LogP contribution in [-0.4, -0.2) is 33.9 Å². The summed E-state index contributed by atoms with van der Waals surface area (Å²) < 4.78 is 0. The summed E-state index contributed by atoms with van der Waals surface area (Å²) in [5, 5.41) is 1.06. The molecular formula is C21H23N3OS. The van der Waals surface area contributed by atoms with E-state index in [0.29, 0.717) is 5.56 Å². The Bertz CT molecular complexity index is 887. The van der Waals surface area contributed by atoms with E-state index in [9.17, 15) is 4.79 Å². The van der Waals surface area contributed by atoms with Crippen LogP contribution in [0.3, 0.4) is 0 Å². The Labute approximate surface area is 158 Å². The number of pyridine rings is 1. The van der Waals surface area contributed by atoms with Gasteiger partial charge in [0.2, 0.25) is 0 Å². The fraction of sp³-hybridized carbons (Fsp3) is 0.286. The molecule has 1 unspecified atom stereocenters. The minimum Gasteiger partial charge on any atom is -0.339 e. The Morgan fingerprint density at radius 2 is 1.88 bits per heavy atom. The van der Waals surface area contributed by atoms with Gasteiger partial charge in [-0.3, -0.25) is 9.78 Å². The molecule has 5 heteroatoms. The molecule has 1 atom stereocenters. The van der Waals surface area contributed by atoms with Gasteiger partial charge in [-0.2, -0.15) is 0 Å². The lowest BCUT2D eigenvalue weighted by molar-refractivity contribution is 0.0743. The molecule has 2 heterocycles. The van der Waals surface area contributed by atoms with Crippen LogP contribution >= 0.6 is 11.3 Å². The van der Waals surface area contributed by atoms with E-state index < -0.39 is 0 Å². The second-order valence-corrected chi connectivity index (χ2v) is 7.72. The van der Waals surface area contributed by atoms with Crippen LogP contribution in [0, 0.1) is 13.8 Å². The van der Waals surface area contributed by atoms with Crippen LogP contribution in [0.2, 0.25) is 0 Å². The SMILES string of the molecule is Cc1nc(C)c(-c2ccc(C(=O)N(C)C(C)Cc3ccccn3)cc2)s1. The summed E-state index contributed by atoms with van der Waals surface area (Å²) in [6, 6.07) is 13.7.